The van der Waals surface area contributed by atoms with E-state index in [0.29, 0.717) is 23.8 Å². The monoisotopic (exact) mass is 427 g/mol. The van der Waals surface area contributed by atoms with Crippen molar-refractivity contribution in [3.05, 3.63) is 45.7 Å². The van der Waals surface area contributed by atoms with Crippen LogP contribution in [0, 0.1) is 6.92 Å². The lowest BCUT2D eigenvalue weighted by atomic mass is 10.0. The Morgan fingerprint density at radius 3 is 3.00 bits per heavy atom. The minimum absolute atomic E-state index is 0.0810. The average Bonchev–Trinajstić information content (AvgIpc) is 3.28. The third kappa shape index (κ3) is 3.21. The minimum atomic E-state index is -0.197. The van der Waals surface area contributed by atoms with Crippen molar-refractivity contribution in [2.24, 2.45) is 0 Å². The van der Waals surface area contributed by atoms with Gasteiger partial charge >= 0.3 is 5.69 Å². The van der Waals surface area contributed by atoms with Gasteiger partial charge in [-0.1, -0.05) is 11.6 Å². The quantitative estimate of drug-likeness (QED) is 0.520. The number of fused-ring (bicyclic) bond motifs is 2. The molecule has 1 fully saturated rings. The Morgan fingerprint density at radius 2 is 2.17 bits per heavy atom. The smallest absolute Gasteiger partial charge is 0.327 e. The number of aryl methyl sites for hydroxylation is 1. The minimum Gasteiger partial charge on any atom is -0.381 e. The summed E-state index contributed by atoms with van der Waals surface area (Å²) in [4.78, 5) is 27.5. The van der Waals surface area contributed by atoms with Gasteiger partial charge in [0, 0.05) is 55.2 Å². The van der Waals surface area contributed by atoms with E-state index < -0.39 is 0 Å². The normalized spacial score (nSPS) is 19.7. The van der Waals surface area contributed by atoms with Crippen molar-refractivity contribution in [2.45, 2.75) is 38.5 Å². The Labute approximate surface area is 177 Å². The van der Waals surface area contributed by atoms with Crippen molar-refractivity contribution in [2.75, 3.05) is 13.7 Å². The highest BCUT2D eigenvalue weighted by Crippen LogP contribution is 2.32. The zero-order valence-electron chi connectivity index (χ0n) is 16.7. The van der Waals surface area contributed by atoms with E-state index in [-0.39, 0.29) is 17.9 Å². The summed E-state index contributed by atoms with van der Waals surface area (Å²) in [6.45, 7) is 3.09. The number of imidazole rings is 1. The van der Waals surface area contributed by atoms with E-state index in [1.807, 2.05) is 13.0 Å². The van der Waals surface area contributed by atoms with Crippen LogP contribution in [0.15, 0.2) is 29.5 Å². The van der Waals surface area contributed by atoms with Crippen molar-refractivity contribution < 1.29 is 9.47 Å². The average molecular weight is 428 g/mol. The summed E-state index contributed by atoms with van der Waals surface area (Å²) in [6.07, 6.45) is 6.99. The fourth-order valence-electron chi connectivity index (χ4n) is 4.25. The molecule has 0 aromatic carbocycles. The number of hydrogen-bond acceptors (Lipinski definition) is 5. The topological polar surface area (TPSA) is 97.8 Å². The summed E-state index contributed by atoms with van der Waals surface area (Å²) in [5.41, 5.74) is 4.64. The number of methoxy groups -OCH3 is 1. The van der Waals surface area contributed by atoms with Crippen molar-refractivity contribution in [1.82, 2.24) is 24.5 Å². The highest BCUT2D eigenvalue weighted by molar-refractivity contribution is 6.35. The van der Waals surface area contributed by atoms with Gasteiger partial charge in [-0.05, 0) is 25.0 Å². The molecule has 9 heteroatoms. The lowest BCUT2D eigenvalue weighted by Crippen LogP contribution is -2.35. The number of halogens is 1. The van der Waals surface area contributed by atoms with Crippen LogP contribution in [0.2, 0.25) is 5.02 Å². The summed E-state index contributed by atoms with van der Waals surface area (Å²) in [5.74, 6) is 0. The second-order valence-corrected chi connectivity index (χ2v) is 8.07. The van der Waals surface area contributed by atoms with E-state index in [4.69, 9.17) is 21.1 Å². The van der Waals surface area contributed by atoms with Crippen LogP contribution < -0.4 is 5.69 Å². The first-order valence-corrected chi connectivity index (χ1v) is 10.3. The van der Waals surface area contributed by atoms with E-state index in [2.05, 4.69) is 19.9 Å². The van der Waals surface area contributed by atoms with Crippen LogP contribution in [0.4, 0.5) is 0 Å². The molecule has 1 saturated heterocycles. The first kappa shape index (κ1) is 19.3. The number of nitrogens with zero attached hydrogens (tertiary/aromatic N) is 3. The van der Waals surface area contributed by atoms with E-state index in [9.17, 15) is 4.79 Å². The van der Waals surface area contributed by atoms with Crippen LogP contribution in [0.3, 0.4) is 0 Å². The first-order valence-electron chi connectivity index (χ1n) is 9.90. The molecule has 30 heavy (non-hydrogen) atoms. The number of rotatable bonds is 4. The summed E-state index contributed by atoms with van der Waals surface area (Å²) in [7, 11) is 1.71. The Kier molecular flexibility index (Phi) is 4.85. The third-order valence-electron chi connectivity index (χ3n) is 5.89. The molecule has 0 unspecified atom stereocenters. The van der Waals surface area contributed by atoms with Gasteiger partial charge in [0.1, 0.15) is 5.65 Å². The van der Waals surface area contributed by atoms with Crippen molar-refractivity contribution >= 4 is 33.8 Å². The molecular formula is C21H22ClN5O3. The first-order chi connectivity index (χ1) is 14.5. The lowest BCUT2D eigenvalue weighted by molar-refractivity contribution is -0.0638. The fraction of sp³-hybridized carbons (Fsp3) is 0.381. The van der Waals surface area contributed by atoms with Crippen LogP contribution >= 0.6 is 11.6 Å². The number of hydrogen-bond donors (Lipinski definition) is 2. The van der Waals surface area contributed by atoms with Crippen molar-refractivity contribution in [3.8, 4) is 11.1 Å². The molecule has 5 rings (SSSR count). The maximum Gasteiger partial charge on any atom is 0.327 e. The van der Waals surface area contributed by atoms with Crippen molar-refractivity contribution in [3.63, 3.8) is 0 Å². The number of pyridine rings is 2. The molecule has 4 aromatic heterocycles. The molecular weight excluding hydrogens is 406 g/mol. The maximum absolute atomic E-state index is 12.6. The van der Waals surface area contributed by atoms with Crippen LogP contribution in [0.25, 0.3) is 33.3 Å². The van der Waals surface area contributed by atoms with Crippen LogP contribution in [-0.4, -0.2) is 50.4 Å². The van der Waals surface area contributed by atoms with Gasteiger partial charge in [0.25, 0.3) is 0 Å². The van der Waals surface area contributed by atoms with Gasteiger partial charge in [-0.15, -0.1) is 0 Å². The van der Waals surface area contributed by atoms with Gasteiger partial charge in [0.05, 0.1) is 29.3 Å². The largest absolute Gasteiger partial charge is 0.381 e. The number of aromatic amines is 2. The Bertz CT molecular complexity index is 1290. The summed E-state index contributed by atoms with van der Waals surface area (Å²) < 4.78 is 13.0. The molecule has 8 nitrogen and oxygen atoms in total. The number of ether oxygens (including phenoxy) is 2. The summed E-state index contributed by atoms with van der Waals surface area (Å²) in [5, 5.41) is 1.52. The van der Waals surface area contributed by atoms with Gasteiger partial charge in [0.2, 0.25) is 0 Å². The van der Waals surface area contributed by atoms with Gasteiger partial charge < -0.3 is 14.5 Å². The van der Waals surface area contributed by atoms with E-state index in [1.54, 1.807) is 30.3 Å². The Balaban J connectivity index is 1.56. The van der Waals surface area contributed by atoms with Crippen LogP contribution in [-0.2, 0) is 16.0 Å². The zero-order valence-corrected chi connectivity index (χ0v) is 17.5. The second-order valence-electron chi connectivity index (χ2n) is 7.66. The van der Waals surface area contributed by atoms with Gasteiger partial charge in [-0.2, -0.15) is 0 Å². The molecule has 4 aromatic rings. The molecule has 0 radical (unpaired) electrons. The Morgan fingerprint density at radius 1 is 1.33 bits per heavy atom. The Hall–Kier alpha value is -2.68. The predicted molar refractivity (Wildman–Crippen MR) is 115 cm³/mol. The molecule has 2 atom stereocenters. The zero-order chi connectivity index (χ0) is 20.8. The lowest BCUT2D eigenvalue weighted by Gasteiger charge is -2.28. The molecule has 2 N–H and O–H groups in total. The molecule has 1 aliphatic heterocycles. The van der Waals surface area contributed by atoms with Crippen LogP contribution in [0.5, 0.6) is 0 Å². The number of nitrogens with one attached hydrogen (secondary N) is 2. The summed E-state index contributed by atoms with van der Waals surface area (Å²) >= 11 is 6.33. The van der Waals surface area contributed by atoms with E-state index >= 15 is 0 Å². The molecule has 0 aliphatic carbocycles. The van der Waals surface area contributed by atoms with E-state index in [1.165, 1.54) is 0 Å². The van der Waals surface area contributed by atoms with Crippen molar-refractivity contribution in [1.29, 1.82) is 0 Å². The van der Waals surface area contributed by atoms with Gasteiger partial charge in [-0.25, -0.2) is 14.8 Å². The van der Waals surface area contributed by atoms with E-state index in [0.717, 1.165) is 46.1 Å². The SMILES string of the molecule is CO[C@H]1CCO[C@@H](Cn2c(=O)[nH]c3ncc(-c4cnc5[nH]cc(Cl)c5c4C)cc32)C1. The molecule has 5 heterocycles. The maximum atomic E-state index is 12.6. The molecule has 156 valence electrons. The van der Waals surface area contributed by atoms with Gasteiger partial charge in [-0.3, -0.25) is 9.55 Å². The highest BCUT2D eigenvalue weighted by atomic mass is 35.5. The van der Waals surface area contributed by atoms with Gasteiger partial charge in [0.15, 0.2) is 5.65 Å². The third-order valence-corrected chi connectivity index (χ3v) is 6.19. The molecule has 0 spiro atoms. The fourth-order valence-corrected chi connectivity index (χ4v) is 4.54. The summed E-state index contributed by atoms with van der Waals surface area (Å²) in [6, 6.07) is 1.97. The molecule has 0 bridgehead atoms. The predicted octanol–water partition coefficient (Wildman–Crippen LogP) is 3.42. The standard InChI is InChI=1S/C21H22ClN5O3/c1-11-15(8-24-20-18(11)16(22)9-25-20)12-5-17-19(23-7-12)26-21(28)27(17)10-14-6-13(29-2)3-4-30-14/h5,7-9,13-14H,3-4,6,10H2,1-2H3,(H,24,25)(H,23,26,28)/t13-,14+/m0/s1. The number of aromatic nitrogens is 5. The second kappa shape index (κ2) is 7.54. The highest BCUT2D eigenvalue weighted by Gasteiger charge is 2.24. The molecule has 0 saturated carbocycles. The van der Waals surface area contributed by atoms with Crippen LogP contribution in [0.1, 0.15) is 18.4 Å². The number of H-pyrrole nitrogens is 2. The molecule has 0 amide bonds. The molecule has 1 aliphatic rings.